The molecule has 1 aliphatic rings. The molecular weight excluding hydrogens is 256 g/mol. The monoisotopic (exact) mass is 278 g/mol. The molecular formula is C14H22N4O2. The van der Waals surface area contributed by atoms with Gasteiger partial charge in [0.25, 0.3) is 0 Å². The molecule has 1 fully saturated rings. The molecule has 1 saturated heterocycles. The highest BCUT2D eigenvalue weighted by atomic mass is 16.5. The number of ether oxygens (including phenoxy) is 1. The van der Waals surface area contributed by atoms with Crippen LogP contribution in [0.4, 0.5) is 10.6 Å². The van der Waals surface area contributed by atoms with E-state index in [1.165, 1.54) is 12.7 Å². The fraction of sp³-hybridized carbons (Fsp3) is 0.571. The number of hydrogen-bond acceptors (Lipinski definition) is 5. The van der Waals surface area contributed by atoms with E-state index in [2.05, 4.69) is 38.2 Å². The summed E-state index contributed by atoms with van der Waals surface area (Å²) in [6.45, 7) is 5.57. The summed E-state index contributed by atoms with van der Waals surface area (Å²) in [5.74, 6) is 0.944. The Labute approximate surface area is 119 Å². The molecule has 20 heavy (non-hydrogen) atoms. The molecule has 0 aromatic carbocycles. The van der Waals surface area contributed by atoms with Gasteiger partial charge >= 0.3 is 6.09 Å². The van der Waals surface area contributed by atoms with Gasteiger partial charge in [-0.2, -0.15) is 0 Å². The van der Waals surface area contributed by atoms with Crippen molar-refractivity contribution in [1.29, 1.82) is 0 Å². The fourth-order valence-electron chi connectivity index (χ4n) is 2.45. The van der Waals surface area contributed by atoms with Crippen LogP contribution in [0.5, 0.6) is 0 Å². The summed E-state index contributed by atoms with van der Waals surface area (Å²) in [5.41, 5.74) is 1.19. The van der Waals surface area contributed by atoms with Gasteiger partial charge in [0.15, 0.2) is 0 Å². The smallest absolute Gasteiger partial charge is 0.407 e. The second-order valence-corrected chi connectivity index (χ2v) is 4.90. The normalized spacial score (nSPS) is 18.8. The van der Waals surface area contributed by atoms with Crippen LogP contribution in [0.3, 0.4) is 0 Å². The van der Waals surface area contributed by atoms with Crippen LogP contribution in [0.15, 0.2) is 18.3 Å². The van der Waals surface area contributed by atoms with E-state index < -0.39 is 0 Å². The van der Waals surface area contributed by atoms with Gasteiger partial charge in [-0.15, -0.1) is 0 Å². The standard InChI is InChI=1S/C14H22N4O2/c1-3-15-13-11(5-4-7-16-13)9-18-8-6-12(10-18)17-14(19)20-2/h4-5,7,12H,3,6,8-10H2,1-2H3,(H,15,16)(H,17,19). The van der Waals surface area contributed by atoms with Crippen molar-refractivity contribution in [2.75, 3.05) is 32.1 Å². The van der Waals surface area contributed by atoms with Gasteiger partial charge in [0, 0.05) is 44.0 Å². The van der Waals surface area contributed by atoms with E-state index in [4.69, 9.17) is 0 Å². The predicted molar refractivity (Wildman–Crippen MR) is 77.6 cm³/mol. The molecule has 1 aliphatic heterocycles. The van der Waals surface area contributed by atoms with Crippen LogP contribution < -0.4 is 10.6 Å². The highest BCUT2D eigenvalue weighted by molar-refractivity contribution is 5.67. The lowest BCUT2D eigenvalue weighted by atomic mass is 10.2. The zero-order chi connectivity index (χ0) is 14.4. The number of methoxy groups -OCH3 is 1. The molecule has 2 rings (SSSR count). The predicted octanol–water partition coefficient (Wildman–Crippen LogP) is 1.44. The van der Waals surface area contributed by atoms with Crippen molar-refractivity contribution >= 4 is 11.9 Å². The molecule has 2 N–H and O–H groups in total. The molecule has 1 atom stereocenters. The number of likely N-dealkylation sites (tertiary alicyclic amines) is 1. The van der Waals surface area contributed by atoms with E-state index in [9.17, 15) is 4.79 Å². The number of carbonyl (C=O) groups is 1. The van der Waals surface area contributed by atoms with Crippen molar-refractivity contribution in [1.82, 2.24) is 15.2 Å². The van der Waals surface area contributed by atoms with Crippen molar-refractivity contribution < 1.29 is 9.53 Å². The number of aromatic nitrogens is 1. The van der Waals surface area contributed by atoms with E-state index in [-0.39, 0.29) is 12.1 Å². The molecule has 1 aromatic rings. The third kappa shape index (κ3) is 3.84. The first-order valence-electron chi connectivity index (χ1n) is 6.97. The van der Waals surface area contributed by atoms with Crippen molar-refractivity contribution in [3.63, 3.8) is 0 Å². The summed E-state index contributed by atoms with van der Waals surface area (Å²) in [6, 6.07) is 4.21. The van der Waals surface area contributed by atoms with Gasteiger partial charge in [-0.1, -0.05) is 6.07 Å². The molecule has 2 heterocycles. The summed E-state index contributed by atoms with van der Waals surface area (Å²) in [7, 11) is 1.39. The number of hydrogen-bond donors (Lipinski definition) is 2. The Morgan fingerprint density at radius 3 is 3.20 bits per heavy atom. The lowest BCUT2D eigenvalue weighted by Crippen LogP contribution is -2.36. The maximum atomic E-state index is 11.2. The summed E-state index contributed by atoms with van der Waals surface area (Å²) in [6.07, 6.45) is 2.39. The molecule has 0 saturated carbocycles. The minimum Gasteiger partial charge on any atom is -0.453 e. The molecule has 0 bridgehead atoms. The number of nitrogens with one attached hydrogen (secondary N) is 2. The number of pyridine rings is 1. The Kier molecular flexibility index (Phi) is 5.17. The number of rotatable bonds is 5. The van der Waals surface area contributed by atoms with E-state index in [0.29, 0.717) is 0 Å². The van der Waals surface area contributed by atoms with E-state index >= 15 is 0 Å². The third-order valence-corrected chi connectivity index (χ3v) is 3.41. The molecule has 1 unspecified atom stereocenters. The van der Waals surface area contributed by atoms with Crippen LogP contribution in [-0.4, -0.2) is 48.8 Å². The van der Waals surface area contributed by atoms with Crippen molar-refractivity contribution in [2.24, 2.45) is 0 Å². The van der Waals surface area contributed by atoms with Gasteiger partial charge < -0.3 is 15.4 Å². The second-order valence-electron chi connectivity index (χ2n) is 4.90. The van der Waals surface area contributed by atoms with E-state index in [0.717, 1.165) is 38.4 Å². The van der Waals surface area contributed by atoms with Gasteiger partial charge in [-0.3, -0.25) is 4.90 Å². The summed E-state index contributed by atoms with van der Waals surface area (Å²) >= 11 is 0. The highest BCUT2D eigenvalue weighted by Gasteiger charge is 2.24. The first kappa shape index (κ1) is 14.6. The third-order valence-electron chi connectivity index (χ3n) is 3.41. The van der Waals surface area contributed by atoms with E-state index in [1.54, 1.807) is 6.20 Å². The van der Waals surface area contributed by atoms with Gasteiger partial charge in [-0.25, -0.2) is 9.78 Å². The second kappa shape index (κ2) is 7.09. The summed E-state index contributed by atoms with van der Waals surface area (Å²) < 4.78 is 4.63. The summed E-state index contributed by atoms with van der Waals surface area (Å²) in [4.78, 5) is 17.9. The molecule has 110 valence electrons. The summed E-state index contributed by atoms with van der Waals surface area (Å²) in [5, 5.41) is 6.13. The number of carbonyl (C=O) groups excluding carboxylic acids is 1. The van der Waals surface area contributed by atoms with Crippen molar-refractivity contribution in [2.45, 2.75) is 25.9 Å². The van der Waals surface area contributed by atoms with Crippen LogP contribution in [-0.2, 0) is 11.3 Å². The zero-order valence-corrected chi connectivity index (χ0v) is 12.1. The minimum atomic E-state index is -0.355. The Balaban J connectivity index is 1.90. The first-order valence-corrected chi connectivity index (χ1v) is 6.97. The first-order chi connectivity index (χ1) is 9.72. The topological polar surface area (TPSA) is 66.5 Å². The Bertz CT molecular complexity index is 453. The number of nitrogens with zero attached hydrogens (tertiary/aromatic N) is 2. The van der Waals surface area contributed by atoms with Crippen LogP contribution in [0.25, 0.3) is 0 Å². The van der Waals surface area contributed by atoms with Gasteiger partial charge in [0.2, 0.25) is 0 Å². The molecule has 6 nitrogen and oxygen atoms in total. The number of anilines is 1. The van der Waals surface area contributed by atoms with Crippen LogP contribution >= 0.6 is 0 Å². The van der Waals surface area contributed by atoms with Gasteiger partial charge in [0.05, 0.1) is 7.11 Å². The zero-order valence-electron chi connectivity index (χ0n) is 12.1. The van der Waals surface area contributed by atoms with E-state index in [1.807, 2.05) is 6.07 Å². The van der Waals surface area contributed by atoms with Crippen LogP contribution in [0, 0.1) is 0 Å². The Morgan fingerprint density at radius 1 is 1.60 bits per heavy atom. The highest BCUT2D eigenvalue weighted by Crippen LogP contribution is 2.18. The quantitative estimate of drug-likeness (QED) is 0.853. The molecule has 0 radical (unpaired) electrons. The molecule has 1 amide bonds. The minimum absolute atomic E-state index is 0.168. The van der Waals surface area contributed by atoms with Gasteiger partial charge in [-0.05, 0) is 19.4 Å². The molecule has 0 spiro atoms. The van der Waals surface area contributed by atoms with Crippen molar-refractivity contribution in [3.05, 3.63) is 23.9 Å². The Morgan fingerprint density at radius 2 is 2.45 bits per heavy atom. The molecule has 0 aliphatic carbocycles. The maximum Gasteiger partial charge on any atom is 0.407 e. The van der Waals surface area contributed by atoms with Crippen molar-refractivity contribution in [3.8, 4) is 0 Å². The average Bonchev–Trinajstić information content (AvgIpc) is 2.88. The lowest BCUT2D eigenvalue weighted by Gasteiger charge is -2.18. The SMILES string of the molecule is CCNc1ncccc1CN1CCC(NC(=O)OC)C1. The average molecular weight is 278 g/mol. The molecule has 1 aromatic heterocycles. The number of amides is 1. The number of alkyl carbamates (subject to hydrolysis) is 1. The fourth-order valence-corrected chi connectivity index (χ4v) is 2.45. The maximum absolute atomic E-state index is 11.2. The Hall–Kier alpha value is -1.82. The van der Waals surface area contributed by atoms with Crippen LogP contribution in [0.1, 0.15) is 18.9 Å². The lowest BCUT2D eigenvalue weighted by molar-refractivity contribution is 0.166. The largest absolute Gasteiger partial charge is 0.453 e. The van der Waals surface area contributed by atoms with Gasteiger partial charge in [0.1, 0.15) is 5.82 Å². The van der Waals surface area contributed by atoms with Crippen LogP contribution in [0.2, 0.25) is 0 Å². The molecule has 6 heteroatoms.